The number of fused-ring (bicyclic) bond motifs is 1. The Labute approximate surface area is 154 Å². The Morgan fingerprint density at radius 2 is 1.83 bits per heavy atom. The smallest absolute Gasteiger partial charge is 0.0480 e. The van der Waals surface area contributed by atoms with Gasteiger partial charge in [-0.1, -0.05) is 46.3 Å². The van der Waals surface area contributed by atoms with Crippen LogP contribution in [0.4, 0.5) is 0 Å². The molecule has 0 radical (unpaired) electrons. The fourth-order valence-corrected chi connectivity index (χ4v) is 4.84. The van der Waals surface area contributed by atoms with E-state index in [9.17, 15) is 0 Å². The standard InChI is InChI=1S/C21H18BrNS/c1-14-10-11-20(24-14)21(15-6-5-7-16(22)12-15)18-13-23(2)19-9-4-3-8-17(18)19/h3-13,21H,1-2H3. The fourth-order valence-electron chi connectivity index (χ4n) is 3.39. The molecular weight excluding hydrogens is 378 g/mol. The van der Waals surface area contributed by atoms with Crippen molar-refractivity contribution in [1.29, 1.82) is 0 Å². The van der Waals surface area contributed by atoms with Crippen LogP contribution in [-0.2, 0) is 7.05 Å². The number of hydrogen-bond acceptors (Lipinski definition) is 1. The SMILES string of the molecule is Cc1ccc(C(c2cccc(Br)c2)c2cn(C)c3ccccc23)s1. The first kappa shape index (κ1) is 15.7. The Balaban J connectivity index is 1.98. The molecule has 24 heavy (non-hydrogen) atoms. The second-order valence-electron chi connectivity index (χ2n) is 6.15. The van der Waals surface area contributed by atoms with Crippen LogP contribution < -0.4 is 0 Å². The Morgan fingerprint density at radius 1 is 1.00 bits per heavy atom. The Morgan fingerprint density at radius 3 is 2.58 bits per heavy atom. The van der Waals surface area contributed by atoms with Gasteiger partial charge in [0.1, 0.15) is 0 Å². The summed E-state index contributed by atoms with van der Waals surface area (Å²) in [5.74, 6) is 0.257. The summed E-state index contributed by atoms with van der Waals surface area (Å²) < 4.78 is 3.36. The van der Waals surface area contributed by atoms with E-state index in [1.165, 1.54) is 31.8 Å². The molecule has 1 unspecified atom stereocenters. The zero-order chi connectivity index (χ0) is 16.7. The molecule has 1 atom stereocenters. The molecular formula is C21H18BrNS. The lowest BCUT2D eigenvalue weighted by Crippen LogP contribution is -2.01. The molecule has 3 heteroatoms. The minimum absolute atomic E-state index is 0.257. The van der Waals surface area contributed by atoms with E-state index in [1.807, 2.05) is 11.3 Å². The molecule has 0 N–H and O–H groups in total. The molecule has 1 nitrogen and oxygen atoms in total. The number of benzene rings is 2. The third-order valence-corrected chi connectivity index (χ3v) is 6.03. The lowest BCUT2D eigenvalue weighted by atomic mass is 9.90. The van der Waals surface area contributed by atoms with E-state index in [1.54, 1.807) is 0 Å². The number of rotatable bonds is 3. The van der Waals surface area contributed by atoms with Crippen molar-refractivity contribution in [3.63, 3.8) is 0 Å². The molecule has 4 rings (SSSR count). The van der Waals surface area contributed by atoms with Crippen molar-refractivity contribution < 1.29 is 0 Å². The maximum absolute atomic E-state index is 3.63. The first-order chi connectivity index (χ1) is 11.6. The molecule has 120 valence electrons. The number of nitrogens with zero attached hydrogens (tertiary/aromatic N) is 1. The summed E-state index contributed by atoms with van der Waals surface area (Å²) in [4.78, 5) is 2.74. The van der Waals surface area contributed by atoms with Crippen LogP contribution in [0.1, 0.15) is 26.8 Å². The van der Waals surface area contributed by atoms with Crippen LogP contribution >= 0.6 is 27.3 Å². The molecule has 0 bridgehead atoms. The predicted molar refractivity (Wildman–Crippen MR) is 107 cm³/mol. The monoisotopic (exact) mass is 395 g/mol. The van der Waals surface area contributed by atoms with Crippen molar-refractivity contribution in [3.05, 3.63) is 92.2 Å². The van der Waals surface area contributed by atoms with Gasteiger partial charge in [-0.25, -0.2) is 0 Å². The molecule has 0 aliphatic carbocycles. The molecule has 0 amide bonds. The highest BCUT2D eigenvalue weighted by Crippen LogP contribution is 2.40. The van der Waals surface area contributed by atoms with Crippen LogP contribution in [0.2, 0.25) is 0 Å². The number of thiophene rings is 1. The highest BCUT2D eigenvalue weighted by molar-refractivity contribution is 9.10. The summed E-state index contributed by atoms with van der Waals surface area (Å²) in [6.45, 7) is 2.18. The quantitative estimate of drug-likeness (QED) is 0.373. The van der Waals surface area contributed by atoms with Gasteiger partial charge in [0.15, 0.2) is 0 Å². The normalized spacial score (nSPS) is 12.6. The van der Waals surface area contributed by atoms with Gasteiger partial charge in [-0.2, -0.15) is 0 Å². The number of hydrogen-bond donors (Lipinski definition) is 0. The minimum Gasteiger partial charge on any atom is -0.350 e. The van der Waals surface area contributed by atoms with Crippen molar-refractivity contribution >= 4 is 38.2 Å². The van der Waals surface area contributed by atoms with Crippen LogP contribution in [0, 0.1) is 6.92 Å². The van der Waals surface area contributed by atoms with Crippen molar-refractivity contribution in [1.82, 2.24) is 4.57 Å². The largest absolute Gasteiger partial charge is 0.350 e. The van der Waals surface area contributed by atoms with E-state index < -0.39 is 0 Å². The summed E-state index contributed by atoms with van der Waals surface area (Å²) in [6.07, 6.45) is 2.28. The summed E-state index contributed by atoms with van der Waals surface area (Å²) >= 11 is 5.52. The molecule has 0 aliphatic rings. The number of aryl methyl sites for hydroxylation is 2. The van der Waals surface area contributed by atoms with Gasteiger partial charge >= 0.3 is 0 Å². The second kappa shape index (κ2) is 6.23. The lowest BCUT2D eigenvalue weighted by Gasteiger charge is -2.16. The van der Waals surface area contributed by atoms with Gasteiger partial charge in [-0.05, 0) is 48.4 Å². The zero-order valence-corrected chi connectivity index (χ0v) is 16.1. The van der Waals surface area contributed by atoms with Crippen LogP contribution in [0.25, 0.3) is 10.9 Å². The average molecular weight is 396 g/mol. The molecule has 0 saturated heterocycles. The van der Waals surface area contributed by atoms with Gasteiger partial charge in [0.25, 0.3) is 0 Å². The van der Waals surface area contributed by atoms with Gasteiger partial charge < -0.3 is 4.57 Å². The van der Waals surface area contributed by atoms with E-state index in [2.05, 4.69) is 101 Å². The van der Waals surface area contributed by atoms with Crippen molar-refractivity contribution in [2.45, 2.75) is 12.8 Å². The van der Waals surface area contributed by atoms with E-state index in [0.717, 1.165) is 4.47 Å². The number of para-hydroxylation sites is 1. The van der Waals surface area contributed by atoms with Gasteiger partial charge in [-0.15, -0.1) is 11.3 Å². The highest BCUT2D eigenvalue weighted by Gasteiger charge is 2.22. The Bertz CT molecular complexity index is 1010. The minimum atomic E-state index is 0.257. The maximum Gasteiger partial charge on any atom is 0.0480 e. The second-order valence-corrected chi connectivity index (χ2v) is 8.38. The molecule has 0 spiro atoms. The molecule has 2 aromatic heterocycles. The summed E-state index contributed by atoms with van der Waals surface area (Å²) in [6, 6.07) is 21.8. The van der Waals surface area contributed by atoms with Gasteiger partial charge in [0, 0.05) is 44.3 Å². The van der Waals surface area contributed by atoms with E-state index >= 15 is 0 Å². The van der Waals surface area contributed by atoms with E-state index in [4.69, 9.17) is 0 Å². The van der Waals surface area contributed by atoms with E-state index in [0.29, 0.717) is 0 Å². The van der Waals surface area contributed by atoms with Crippen LogP contribution in [0.5, 0.6) is 0 Å². The summed E-state index contributed by atoms with van der Waals surface area (Å²) in [5.41, 5.74) is 3.97. The maximum atomic E-state index is 3.63. The summed E-state index contributed by atoms with van der Waals surface area (Å²) in [7, 11) is 2.13. The van der Waals surface area contributed by atoms with E-state index in [-0.39, 0.29) is 5.92 Å². The molecule has 2 aromatic carbocycles. The third kappa shape index (κ3) is 2.72. The number of halogens is 1. The topological polar surface area (TPSA) is 4.93 Å². The predicted octanol–water partition coefficient (Wildman–Crippen LogP) is 6.49. The first-order valence-corrected chi connectivity index (χ1v) is 9.60. The van der Waals surface area contributed by atoms with Crippen LogP contribution in [-0.4, -0.2) is 4.57 Å². The number of aromatic nitrogens is 1. The Hall–Kier alpha value is -1.84. The van der Waals surface area contributed by atoms with Gasteiger partial charge in [0.2, 0.25) is 0 Å². The zero-order valence-electron chi connectivity index (χ0n) is 13.7. The van der Waals surface area contributed by atoms with Crippen molar-refractivity contribution in [3.8, 4) is 0 Å². The molecule has 0 aliphatic heterocycles. The highest BCUT2D eigenvalue weighted by atomic mass is 79.9. The molecule has 2 heterocycles. The molecule has 0 saturated carbocycles. The first-order valence-electron chi connectivity index (χ1n) is 7.99. The fraction of sp³-hybridized carbons (Fsp3) is 0.143. The van der Waals surface area contributed by atoms with Crippen LogP contribution in [0.15, 0.2) is 71.3 Å². The summed E-state index contributed by atoms with van der Waals surface area (Å²) in [5, 5.41) is 1.33. The van der Waals surface area contributed by atoms with Gasteiger partial charge in [0.05, 0.1) is 0 Å². The third-order valence-electron chi connectivity index (χ3n) is 4.47. The average Bonchev–Trinajstić information content (AvgIpc) is 3.13. The van der Waals surface area contributed by atoms with Crippen LogP contribution in [0.3, 0.4) is 0 Å². The van der Waals surface area contributed by atoms with Gasteiger partial charge in [-0.3, -0.25) is 0 Å². The van der Waals surface area contributed by atoms with Crippen molar-refractivity contribution in [2.75, 3.05) is 0 Å². The molecule has 4 aromatic rings. The van der Waals surface area contributed by atoms with Crippen molar-refractivity contribution in [2.24, 2.45) is 7.05 Å². The Kier molecular flexibility index (Phi) is 4.07. The lowest BCUT2D eigenvalue weighted by molar-refractivity contribution is 0.935. The molecule has 0 fully saturated rings.